The maximum atomic E-state index is 14.1. The fourth-order valence-electron chi connectivity index (χ4n) is 3.72. The number of nitrogens with zero attached hydrogens (tertiary/aromatic N) is 7. The first-order valence-corrected chi connectivity index (χ1v) is 11.5. The summed E-state index contributed by atoms with van der Waals surface area (Å²) in [5.41, 5.74) is 5.58. The highest BCUT2D eigenvalue weighted by molar-refractivity contribution is 5.93. The molecule has 12 heteroatoms. The lowest BCUT2D eigenvalue weighted by atomic mass is 10.1. The van der Waals surface area contributed by atoms with Crippen molar-refractivity contribution in [2.45, 2.75) is 45.3 Å². The fourth-order valence-corrected chi connectivity index (χ4v) is 3.72. The van der Waals surface area contributed by atoms with Crippen LogP contribution in [0.2, 0.25) is 0 Å². The van der Waals surface area contributed by atoms with E-state index in [1.54, 1.807) is 32.0 Å². The Bertz CT molecular complexity index is 1440. The number of aromatic nitrogens is 6. The van der Waals surface area contributed by atoms with Crippen molar-refractivity contribution in [1.82, 2.24) is 34.3 Å². The number of aliphatic hydroxyl groups is 1. The minimum atomic E-state index is -0.931. The summed E-state index contributed by atoms with van der Waals surface area (Å²) in [4.78, 5) is 22.6. The van der Waals surface area contributed by atoms with E-state index in [0.29, 0.717) is 37.2 Å². The number of benzene rings is 1. The van der Waals surface area contributed by atoms with Gasteiger partial charge >= 0.3 is 0 Å². The SMILES string of the molecule is C#C.C#C.CN(CCCCc1nc2c3cc(F)cc(F)c3nc(N)n2n1)C(=O)c1cnn(CC(C)(C)O)c1. The quantitative estimate of drug-likeness (QED) is 0.268. The molecule has 3 N–H and O–H groups in total. The minimum Gasteiger partial charge on any atom is -0.389 e. The second kappa shape index (κ2) is 12.6. The molecule has 200 valence electrons. The number of rotatable bonds is 8. The Morgan fingerprint density at radius 1 is 1.16 bits per heavy atom. The number of nitrogen functional groups attached to an aromatic ring is 1. The second-order valence-corrected chi connectivity index (χ2v) is 8.94. The Kier molecular flexibility index (Phi) is 9.85. The predicted octanol–water partition coefficient (Wildman–Crippen LogP) is 2.70. The largest absolute Gasteiger partial charge is 0.389 e. The summed E-state index contributed by atoms with van der Waals surface area (Å²) in [5, 5.41) is 18.5. The van der Waals surface area contributed by atoms with Crippen LogP contribution in [0.3, 0.4) is 0 Å². The molecule has 0 unspecified atom stereocenters. The summed E-state index contributed by atoms with van der Waals surface area (Å²) in [6.45, 7) is 4.13. The van der Waals surface area contributed by atoms with Crippen LogP contribution in [0.15, 0.2) is 24.5 Å². The molecule has 1 amide bonds. The van der Waals surface area contributed by atoms with Gasteiger partial charge in [0, 0.05) is 32.3 Å². The Hall–Kier alpha value is -4.55. The Morgan fingerprint density at radius 3 is 2.50 bits per heavy atom. The molecule has 4 aromatic rings. The van der Waals surface area contributed by atoms with Crippen molar-refractivity contribution in [2.75, 3.05) is 19.3 Å². The predicted molar refractivity (Wildman–Crippen MR) is 141 cm³/mol. The van der Waals surface area contributed by atoms with Crippen LogP contribution in [-0.2, 0) is 13.0 Å². The van der Waals surface area contributed by atoms with Crippen molar-refractivity contribution in [1.29, 1.82) is 0 Å². The maximum Gasteiger partial charge on any atom is 0.256 e. The first-order valence-electron chi connectivity index (χ1n) is 11.5. The number of unbranched alkanes of at least 4 members (excludes halogenated alkanes) is 1. The number of terminal acetylenes is 2. The third kappa shape index (κ3) is 7.02. The van der Waals surface area contributed by atoms with E-state index in [1.165, 1.54) is 15.4 Å². The fraction of sp³-hybridized carbons (Fsp3) is 0.346. The van der Waals surface area contributed by atoms with Crippen LogP contribution < -0.4 is 5.73 Å². The molecule has 38 heavy (non-hydrogen) atoms. The summed E-state index contributed by atoms with van der Waals surface area (Å²) in [6.07, 6.45) is 21.0. The van der Waals surface area contributed by atoms with Gasteiger partial charge < -0.3 is 15.7 Å². The van der Waals surface area contributed by atoms with Crippen LogP contribution in [0, 0.1) is 37.3 Å². The molecule has 0 fully saturated rings. The van der Waals surface area contributed by atoms with E-state index in [4.69, 9.17) is 5.73 Å². The number of hydrogen-bond donors (Lipinski definition) is 2. The summed E-state index contributed by atoms with van der Waals surface area (Å²) >= 11 is 0. The van der Waals surface area contributed by atoms with Gasteiger partial charge in [-0.2, -0.15) is 9.61 Å². The van der Waals surface area contributed by atoms with E-state index >= 15 is 0 Å². The van der Waals surface area contributed by atoms with Crippen molar-refractivity contribution in [3.05, 3.63) is 47.5 Å². The van der Waals surface area contributed by atoms with Crippen LogP contribution in [0.4, 0.5) is 14.7 Å². The lowest BCUT2D eigenvalue weighted by Crippen LogP contribution is -2.28. The number of fused-ring (bicyclic) bond motifs is 3. The molecule has 1 aromatic carbocycles. The third-order valence-corrected chi connectivity index (χ3v) is 5.28. The molecule has 0 aliphatic heterocycles. The molecule has 4 rings (SSSR count). The molecular weight excluding hydrogens is 494 g/mol. The zero-order valence-electron chi connectivity index (χ0n) is 21.5. The van der Waals surface area contributed by atoms with Gasteiger partial charge in [-0.1, -0.05) is 0 Å². The standard InChI is InChI=1S/C22H26F2N8O2.2C2H2/c1-22(2,34)12-31-11-13(10-26-31)20(33)30(3)7-5-4-6-17-27-19-15-8-14(23)9-16(24)18(15)28-21(25)32(19)29-17;2*1-2/h8-11,34H,4-7,12H2,1-3H3,(H2,25,28);2*1-2H. The molecule has 0 aliphatic rings. The van der Waals surface area contributed by atoms with E-state index in [9.17, 15) is 18.7 Å². The van der Waals surface area contributed by atoms with Gasteiger partial charge in [0.2, 0.25) is 5.95 Å². The lowest BCUT2D eigenvalue weighted by Gasteiger charge is -2.17. The number of carbonyl (C=O) groups is 1. The highest BCUT2D eigenvalue weighted by Gasteiger charge is 2.18. The van der Waals surface area contributed by atoms with Gasteiger partial charge in [-0.05, 0) is 32.8 Å². The Balaban J connectivity index is 0.00000121. The zero-order chi connectivity index (χ0) is 28.6. The third-order valence-electron chi connectivity index (χ3n) is 5.28. The Labute approximate surface area is 219 Å². The van der Waals surface area contributed by atoms with Gasteiger partial charge in [-0.3, -0.25) is 9.48 Å². The molecule has 10 nitrogen and oxygen atoms in total. The molecule has 0 spiro atoms. The number of carbonyl (C=O) groups excluding carboxylic acids is 1. The van der Waals surface area contributed by atoms with Crippen molar-refractivity contribution in [2.24, 2.45) is 0 Å². The molecule has 0 aliphatic carbocycles. The average Bonchev–Trinajstić information content (AvgIpc) is 3.51. The topological polar surface area (TPSA) is 127 Å². The summed E-state index contributed by atoms with van der Waals surface area (Å²) in [6, 6.07) is 1.90. The number of nitrogens with two attached hydrogens (primary N) is 1. The van der Waals surface area contributed by atoms with Crippen LogP contribution in [0.25, 0.3) is 16.6 Å². The van der Waals surface area contributed by atoms with Crippen molar-refractivity contribution < 1.29 is 18.7 Å². The average molecular weight is 525 g/mol. The monoisotopic (exact) mass is 524 g/mol. The maximum absolute atomic E-state index is 14.1. The molecule has 0 atom stereocenters. The number of aryl methyl sites for hydroxylation is 1. The second-order valence-electron chi connectivity index (χ2n) is 8.94. The van der Waals surface area contributed by atoms with E-state index in [2.05, 4.69) is 45.9 Å². The summed E-state index contributed by atoms with van der Waals surface area (Å²) in [5.74, 6) is -1.29. The van der Waals surface area contributed by atoms with E-state index in [-0.39, 0.29) is 35.0 Å². The number of halogens is 2. The minimum absolute atomic E-state index is 0.0396. The van der Waals surface area contributed by atoms with Crippen LogP contribution in [-0.4, -0.2) is 64.5 Å². The summed E-state index contributed by atoms with van der Waals surface area (Å²) < 4.78 is 30.6. The molecular formula is C26H30F2N8O2. The van der Waals surface area contributed by atoms with Gasteiger partial charge in [-0.25, -0.2) is 18.7 Å². The first-order chi connectivity index (χ1) is 18.0. The number of amides is 1. The van der Waals surface area contributed by atoms with E-state index in [1.807, 2.05) is 0 Å². The smallest absolute Gasteiger partial charge is 0.256 e. The van der Waals surface area contributed by atoms with Crippen LogP contribution >= 0.6 is 0 Å². The van der Waals surface area contributed by atoms with Gasteiger partial charge in [-0.15, -0.1) is 30.8 Å². The number of hydrogen-bond acceptors (Lipinski definition) is 7. The van der Waals surface area contributed by atoms with Crippen LogP contribution in [0.1, 0.15) is 42.9 Å². The number of anilines is 1. The van der Waals surface area contributed by atoms with Crippen LogP contribution in [0.5, 0.6) is 0 Å². The molecule has 0 saturated heterocycles. The van der Waals surface area contributed by atoms with Crippen molar-refractivity contribution in [3.8, 4) is 25.7 Å². The van der Waals surface area contributed by atoms with Gasteiger partial charge in [0.25, 0.3) is 5.91 Å². The van der Waals surface area contributed by atoms with Gasteiger partial charge in [0.1, 0.15) is 11.3 Å². The van der Waals surface area contributed by atoms with E-state index < -0.39 is 17.2 Å². The summed E-state index contributed by atoms with van der Waals surface area (Å²) in [7, 11) is 1.71. The highest BCUT2D eigenvalue weighted by atomic mass is 19.1. The zero-order valence-corrected chi connectivity index (χ0v) is 21.5. The highest BCUT2D eigenvalue weighted by Crippen LogP contribution is 2.23. The van der Waals surface area contributed by atoms with Crippen molar-refractivity contribution >= 4 is 28.4 Å². The first kappa shape index (κ1) is 29.7. The van der Waals surface area contributed by atoms with Gasteiger partial charge in [0.15, 0.2) is 17.3 Å². The molecule has 0 saturated carbocycles. The lowest BCUT2D eigenvalue weighted by molar-refractivity contribution is 0.0575. The van der Waals surface area contributed by atoms with E-state index in [0.717, 1.165) is 12.1 Å². The normalized spacial score (nSPS) is 10.9. The van der Waals surface area contributed by atoms with Crippen molar-refractivity contribution in [3.63, 3.8) is 0 Å². The Morgan fingerprint density at radius 2 is 1.84 bits per heavy atom. The molecule has 0 radical (unpaired) electrons. The molecule has 3 aromatic heterocycles. The molecule has 3 heterocycles. The van der Waals surface area contributed by atoms with Gasteiger partial charge in [0.05, 0.1) is 29.3 Å². The molecule has 0 bridgehead atoms.